The summed E-state index contributed by atoms with van der Waals surface area (Å²) in [6.45, 7) is 0.882. The van der Waals surface area contributed by atoms with E-state index in [1.807, 2.05) is 24.3 Å². The topological polar surface area (TPSA) is 76.1 Å². The molecule has 1 aromatic rings. The Hall–Kier alpha value is -2.34. The highest BCUT2D eigenvalue weighted by molar-refractivity contribution is 5.99. The van der Waals surface area contributed by atoms with Crippen LogP contribution in [-0.4, -0.2) is 54.3 Å². The minimum atomic E-state index is -1.05. The molecule has 0 aromatic heterocycles. The van der Waals surface area contributed by atoms with E-state index in [9.17, 15) is 9.59 Å². The van der Waals surface area contributed by atoms with Crippen LogP contribution in [0.25, 0.3) is 6.08 Å². The van der Waals surface area contributed by atoms with E-state index in [2.05, 4.69) is 0 Å². The third-order valence-corrected chi connectivity index (χ3v) is 3.54. The number of ether oxygens (including phenoxy) is 2. The van der Waals surface area contributed by atoms with Crippen LogP contribution in [0.2, 0.25) is 0 Å². The SMILES string of the molecule is O=C(O)C1CN(C(=O)C2=Cc3ccccc3OC2)CCO1. The number of carbonyl (C=O) groups is 2. The van der Waals surface area contributed by atoms with Crippen molar-refractivity contribution in [3.8, 4) is 5.75 Å². The van der Waals surface area contributed by atoms with Crippen molar-refractivity contribution in [2.45, 2.75) is 6.10 Å². The number of carbonyl (C=O) groups excluding carboxylic acids is 1. The molecule has 3 rings (SSSR count). The largest absolute Gasteiger partial charge is 0.488 e. The molecule has 0 aliphatic carbocycles. The monoisotopic (exact) mass is 289 g/mol. The van der Waals surface area contributed by atoms with Gasteiger partial charge in [0.2, 0.25) is 0 Å². The summed E-state index contributed by atoms with van der Waals surface area (Å²) in [6, 6.07) is 7.48. The smallest absolute Gasteiger partial charge is 0.334 e. The van der Waals surface area contributed by atoms with Crippen LogP contribution in [0.3, 0.4) is 0 Å². The van der Waals surface area contributed by atoms with Crippen molar-refractivity contribution >= 4 is 18.0 Å². The Kier molecular flexibility index (Phi) is 3.62. The van der Waals surface area contributed by atoms with Gasteiger partial charge in [-0.25, -0.2) is 4.79 Å². The fourth-order valence-corrected chi connectivity index (χ4v) is 2.43. The van der Waals surface area contributed by atoms with Crippen LogP contribution in [0.15, 0.2) is 29.8 Å². The number of fused-ring (bicyclic) bond motifs is 1. The number of hydrogen-bond donors (Lipinski definition) is 1. The average Bonchev–Trinajstić information content (AvgIpc) is 2.53. The number of aliphatic carboxylic acids is 1. The first-order valence-electron chi connectivity index (χ1n) is 6.71. The fraction of sp³-hybridized carbons (Fsp3) is 0.333. The van der Waals surface area contributed by atoms with Crippen molar-refractivity contribution in [2.75, 3.05) is 26.3 Å². The molecule has 0 radical (unpaired) electrons. The zero-order chi connectivity index (χ0) is 14.8. The quantitative estimate of drug-likeness (QED) is 0.870. The van der Waals surface area contributed by atoms with Gasteiger partial charge in [0.1, 0.15) is 12.4 Å². The van der Waals surface area contributed by atoms with Gasteiger partial charge in [-0.1, -0.05) is 18.2 Å². The van der Waals surface area contributed by atoms with Gasteiger partial charge >= 0.3 is 5.97 Å². The molecule has 110 valence electrons. The Morgan fingerprint density at radius 2 is 2.10 bits per heavy atom. The molecular formula is C15H15NO5. The molecule has 1 amide bonds. The lowest BCUT2D eigenvalue weighted by atomic mass is 10.1. The van der Waals surface area contributed by atoms with Crippen LogP contribution in [0.4, 0.5) is 0 Å². The van der Waals surface area contributed by atoms with E-state index in [-0.39, 0.29) is 25.7 Å². The van der Waals surface area contributed by atoms with Crippen LogP contribution in [0, 0.1) is 0 Å². The number of morpholine rings is 1. The maximum absolute atomic E-state index is 12.5. The molecule has 6 nitrogen and oxygen atoms in total. The summed E-state index contributed by atoms with van der Waals surface area (Å²) in [5.41, 5.74) is 1.38. The summed E-state index contributed by atoms with van der Waals surface area (Å²) in [7, 11) is 0. The number of carboxylic acids is 1. The van der Waals surface area contributed by atoms with Crippen LogP contribution in [0.1, 0.15) is 5.56 Å². The molecule has 1 atom stereocenters. The van der Waals surface area contributed by atoms with E-state index < -0.39 is 12.1 Å². The molecule has 21 heavy (non-hydrogen) atoms. The van der Waals surface area contributed by atoms with E-state index in [4.69, 9.17) is 14.6 Å². The van der Waals surface area contributed by atoms with Gasteiger partial charge in [0.15, 0.2) is 6.10 Å². The maximum atomic E-state index is 12.5. The number of rotatable bonds is 2. The first-order chi connectivity index (χ1) is 10.1. The predicted octanol–water partition coefficient (Wildman–Crippen LogP) is 0.774. The summed E-state index contributed by atoms with van der Waals surface area (Å²) in [5, 5.41) is 8.98. The number of carboxylic acid groups (broad SMARTS) is 1. The molecule has 1 unspecified atom stereocenters. The second-order valence-electron chi connectivity index (χ2n) is 4.94. The maximum Gasteiger partial charge on any atom is 0.334 e. The van der Waals surface area contributed by atoms with E-state index in [0.717, 1.165) is 11.3 Å². The van der Waals surface area contributed by atoms with E-state index in [1.165, 1.54) is 4.90 Å². The van der Waals surface area contributed by atoms with Crippen molar-refractivity contribution < 1.29 is 24.2 Å². The third kappa shape index (κ3) is 2.75. The highest BCUT2D eigenvalue weighted by atomic mass is 16.5. The number of para-hydroxylation sites is 1. The second-order valence-corrected chi connectivity index (χ2v) is 4.94. The Labute approximate surface area is 121 Å². The zero-order valence-electron chi connectivity index (χ0n) is 11.3. The summed E-state index contributed by atoms with van der Waals surface area (Å²) in [5.74, 6) is -0.495. The molecule has 1 N–H and O–H groups in total. The van der Waals surface area contributed by atoms with Crippen LogP contribution in [-0.2, 0) is 14.3 Å². The predicted molar refractivity (Wildman–Crippen MR) is 73.9 cm³/mol. The molecule has 0 bridgehead atoms. The molecule has 1 saturated heterocycles. The fourth-order valence-electron chi connectivity index (χ4n) is 2.43. The molecule has 2 heterocycles. The van der Waals surface area contributed by atoms with Gasteiger partial charge < -0.3 is 19.5 Å². The Morgan fingerprint density at radius 3 is 2.90 bits per heavy atom. The lowest BCUT2D eigenvalue weighted by molar-refractivity contribution is -0.158. The van der Waals surface area contributed by atoms with Crippen LogP contribution < -0.4 is 4.74 Å². The third-order valence-electron chi connectivity index (χ3n) is 3.54. The van der Waals surface area contributed by atoms with E-state index in [1.54, 1.807) is 6.08 Å². The normalized spacial score (nSPS) is 21.0. The summed E-state index contributed by atoms with van der Waals surface area (Å²) >= 11 is 0. The van der Waals surface area contributed by atoms with Gasteiger partial charge in [0, 0.05) is 12.1 Å². The average molecular weight is 289 g/mol. The van der Waals surface area contributed by atoms with Gasteiger partial charge in [0.05, 0.1) is 18.7 Å². The summed E-state index contributed by atoms with van der Waals surface area (Å²) in [6.07, 6.45) is 0.840. The number of benzene rings is 1. The highest BCUT2D eigenvalue weighted by Crippen LogP contribution is 2.26. The first kappa shape index (κ1) is 13.6. The number of hydrogen-bond acceptors (Lipinski definition) is 4. The summed E-state index contributed by atoms with van der Waals surface area (Å²) < 4.78 is 10.7. The van der Waals surface area contributed by atoms with Crippen LogP contribution >= 0.6 is 0 Å². The molecular weight excluding hydrogens is 274 g/mol. The first-order valence-corrected chi connectivity index (χ1v) is 6.71. The van der Waals surface area contributed by atoms with E-state index >= 15 is 0 Å². The van der Waals surface area contributed by atoms with Crippen molar-refractivity contribution in [1.82, 2.24) is 4.90 Å². The molecule has 1 fully saturated rings. The van der Waals surface area contributed by atoms with Gasteiger partial charge in [-0.15, -0.1) is 0 Å². The minimum absolute atomic E-state index is 0.0627. The molecule has 0 saturated carbocycles. The minimum Gasteiger partial charge on any atom is -0.488 e. The summed E-state index contributed by atoms with van der Waals surface area (Å²) in [4.78, 5) is 24.9. The van der Waals surface area contributed by atoms with Crippen LogP contribution in [0.5, 0.6) is 5.75 Å². The molecule has 2 aliphatic heterocycles. The van der Waals surface area contributed by atoms with Gasteiger partial charge in [-0.05, 0) is 12.1 Å². The Morgan fingerprint density at radius 1 is 1.29 bits per heavy atom. The lowest BCUT2D eigenvalue weighted by Crippen LogP contribution is -2.49. The second kappa shape index (κ2) is 5.57. The van der Waals surface area contributed by atoms with Gasteiger partial charge in [-0.2, -0.15) is 0 Å². The lowest BCUT2D eigenvalue weighted by Gasteiger charge is -2.32. The van der Waals surface area contributed by atoms with Gasteiger partial charge in [0.25, 0.3) is 5.91 Å². The molecule has 0 spiro atoms. The molecule has 6 heteroatoms. The van der Waals surface area contributed by atoms with Crippen molar-refractivity contribution in [3.63, 3.8) is 0 Å². The highest BCUT2D eigenvalue weighted by Gasteiger charge is 2.31. The van der Waals surface area contributed by atoms with Crippen molar-refractivity contribution in [3.05, 3.63) is 35.4 Å². The Bertz CT molecular complexity index is 610. The van der Waals surface area contributed by atoms with E-state index in [0.29, 0.717) is 12.1 Å². The van der Waals surface area contributed by atoms with Crippen molar-refractivity contribution in [2.24, 2.45) is 0 Å². The molecule has 2 aliphatic rings. The number of amides is 1. The Balaban J connectivity index is 1.77. The number of nitrogens with zero attached hydrogens (tertiary/aromatic N) is 1. The van der Waals surface area contributed by atoms with Gasteiger partial charge in [-0.3, -0.25) is 4.79 Å². The zero-order valence-corrected chi connectivity index (χ0v) is 11.3. The van der Waals surface area contributed by atoms with Crippen molar-refractivity contribution in [1.29, 1.82) is 0 Å². The molecule has 1 aromatic carbocycles. The standard InChI is InChI=1S/C15H15NO5/c17-14(16-5-6-20-13(8-16)15(18)19)11-7-10-3-1-2-4-12(10)21-9-11/h1-4,7,13H,5-6,8-9H2,(H,18,19).